The van der Waals surface area contributed by atoms with Crippen LogP contribution in [0.15, 0.2) is 24.3 Å². The molecule has 116 valence electrons. The summed E-state index contributed by atoms with van der Waals surface area (Å²) in [5.74, 6) is 1.24. The standard InChI is InChI=1S/C16H22ClNO3/c17-14-4-1-5-15(11-14)21-10-7-16(20)18-8-2-3-13(12-18)6-9-19/h1,4-5,11,13,19H,2-3,6-10,12H2. The van der Waals surface area contributed by atoms with E-state index in [1.54, 1.807) is 12.1 Å². The zero-order chi connectivity index (χ0) is 15.1. The lowest BCUT2D eigenvalue weighted by Gasteiger charge is -2.32. The van der Waals surface area contributed by atoms with Gasteiger partial charge in [0.05, 0.1) is 13.0 Å². The molecule has 1 heterocycles. The Bertz CT molecular complexity index is 465. The largest absolute Gasteiger partial charge is 0.493 e. The highest BCUT2D eigenvalue weighted by Gasteiger charge is 2.22. The van der Waals surface area contributed by atoms with E-state index in [4.69, 9.17) is 21.4 Å². The molecule has 0 aromatic heterocycles. The van der Waals surface area contributed by atoms with Crippen LogP contribution in [0.3, 0.4) is 0 Å². The van der Waals surface area contributed by atoms with Crippen molar-refractivity contribution < 1.29 is 14.6 Å². The van der Waals surface area contributed by atoms with Gasteiger partial charge >= 0.3 is 0 Å². The van der Waals surface area contributed by atoms with Crippen molar-refractivity contribution in [1.82, 2.24) is 4.90 Å². The van der Waals surface area contributed by atoms with Gasteiger partial charge in [-0.05, 0) is 43.4 Å². The summed E-state index contributed by atoms with van der Waals surface area (Å²) in [5.41, 5.74) is 0. The number of hydrogen-bond acceptors (Lipinski definition) is 3. The summed E-state index contributed by atoms with van der Waals surface area (Å²) in [6.45, 7) is 2.14. The summed E-state index contributed by atoms with van der Waals surface area (Å²) in [5, 5.41) is 9.63. The van der Waals surface area contributed by atoms with E-state index in [9.17, 15) is 4.79 Å². The lowest BCUT2D eigenvalue weighted by Crippen LogP contribution is -2.40. The first kappa shape index (κ1) is 16.1. The molecule has 1 aliphatic heterocycles. The molecule has 1 atom stereocenters. The Morgan fingerprint density at radius 1 is 1.48 bits per heavy atom. The van der Waals surface area contributed by atoms with E-state index in [1.807, 2.05) is 17.0 Å². The quantitative estimate of drug-likeness (QED) is 0.879. The molecule has 2 rings (SSSR count). The molecule has 0 saturated carbocycles. The third kappa shape index (κ3) is 5.21. The van der Waals surface area contributed by atoms with Crippen LogP contribution in [-0.4, -0.2) is 42.2 Å². The molecule has 0 bridgehead atoms. The number of benzene rings is 1. The number of rotatable bonds is 6. The SMILES string of the molecule is O=C(CCOc1cccc(Cl)c1)N1CCCC(CCO)C1. The summed E-state index contributed by atoms with van der Waals surface area (Å²) < 4.78 is 5.55. The van der Waals surface area contributed by atoms with Crippen molar-refractivity contribution in [2.24, 2.45) is 5.92 Å². The number of ether oxygens (including phenoxy) is 1. The number of halogens is 1. The first-order valence-corrected chi connectivity index (χ1v) is 7.84. The zero-order valence-corrected chi connectivity index (χ0v) is 12.9. The average Bonchev–Trinajstić information content (AvgIpc) is 2.48. The third-order valence-electron chi connectivity index (χ3n) is 3.79. The van der Waals surface area contributed by atoms with E-state index >= 15 is 0 Å². The van der Waals surface area contributed by atoms with E-state index < -0.39 is 0 Å². The summed E-state index contributed by atoms with van der Waals surface area (Å²) in [6, 6.07) is 7.18. The monoisotopic (exact) mass is 311 g/mol. The van der Waals surface area contributed by atoms with Crippen molar-refractivity contribution in [1.29, 1.82) is 0 Å². The number of nitrogens with zero attached hydrogens (tertiary/aromatic N) is 1. The lowest BCUT2D eigenvalue weighted by molar-refractivity contribution is -0.133. The van der Waals surface area contributed by atoms with Crippen molar-refractivity contribution in [3.05, 3.63) is 29.3 Å². The topological polar surface area (TPSA) is 49.8 Å². The molecule has 1 aliphatic rings. The number of likely N-dealkylation sites (tertiary alicyclic amines) is 1. The van der Waals surface area contributed by atoms with Crippen LogP contribution in [0.1, 0.15) is 25.7 Å². The second-order valence-corrected chi connectivity index (χ2v) is 5.85. The molecule has 1 fully saturated rings. The van der Waals surface area contributed by atoms with E-state index in [-0.39, 0.29) is 12.5 Å². The van der Waals surface area contributed by atoms with Gasteiger partial charge in [-0.25, -0.2) is 0 Å². The molecule has 1 saturated heterocycles. The van der Waals surface area contributed by atoms with Crippen LogP contribution in [0.2, 0.25) is 5.02 Å². The van der Waals surface area contributed by atoms with Gasteiger partial charge in [0.25, 0.3) is 0 Å². The Hall–Kier alpha value is -1.26. The summed E-state index contributed by atoms with van der Waals surface area (Å²) >= 11 is 5.88. The van der Waals surface area contributed by atoms with E-state index in [2.05, 4.69) is 0 Å². The van der Waals surface area contributed by atoms with Gasteiger partial charge in [-0.2, -0.15) is 0 Å². The van der Waals surface area contributed by atoms with Gasteiger partial charge in [0.2, 0.25) is 5.91 Å². The average molecular weight is 312 g/mol. The second kappa shape index (κ2) is 8.25. The molecule has 4 nitrogen and oxygen atoms in total. The van der Waals surface area contributed by atoms with Crippen LogP contribution in [0.25, 0.3) is 0 Å². The molecule has 1 unspecified atom stereocenters. The highest BCUT2D eigenvalue weighted by Crippen LogP contribution is 2.20. The normalized spacial score (nSPS) is 18.6. The fourth-order valence-corrected chi connectivity index (χ4v) is 2.86. The zero-order valence-electron chi connectivity index (χ0n) is 12.1. The molecule has 1 N–H and O–H groups in total. The molecule has 5 heteroatoms. The highest BCUT2D eigenvalue weighted by molar-refractivity contribution is 6.30. The Labute approximate surface area is 130 Å². The smallest absolute Gasteiger partial charge is 0.226 e. The predicted molar refractivity (Wildman–Crippen MR) is 82.6 cm³/mol. The Morgan fingerprint density at radius 3 is 3.10 bits per heavy atom. The molecule has 1 amide bonds. The van der Waals surface area contributed by atoms with Crippen molar-refractivity contribution in [3.8, 4) is 5.75 Å². The first-order chi connectivity index (χ1) is 10.2. The third-order valence-corrected chi connectivity index (χ3v) is 4.02. The van der Waals surface area contributed by atoms with Crippen LogP contribution in [0.5, 0.6) is 5.75 Å². The van der Waals surface area contributed by atoms with Gasteiger partial charge in [-0.1, -0.05) is 17.7 Å². The van der Waals surface area contributed by atoms with Crippen LogP contribution in [0, 0.1) is 5.92 Å². The van der Waals surface area contributed by atoms with Crippen molar-refractivity contribution in [3.63, 3.8) is 0 Å². The maximum Gasteiger partial charge on any atom is 0.226 e. The minimum atomic E-state index is 0.125. The van der Waals surface area contributed by atoms with Gasteiger partial charge in [0.1, 0.15) is 5.75 Å². The molecule has 1 aromatic rings. The first-order valence-electron chi connectivity index (χ1n) is 7.46. The fourth-order valence-electron chi connectivity index (χ4n) is 2.68. The summed E-state index contributed by atoms with van der Waals surface area (Å²) in [6.07, 6.45) is 3.27. The van der Waals surface area contributed by atoms with E-state index in [0.717, 1.165) is 32.4 Å². The molecule has 0 radical (unpaired) electrons. The Balaban J connectivity index is 1.74. The van der Waals surface area contributed by atoms with Crippen LogP contribution >= 0.6 is 11.6 Å². The number of piperidine rings is 1. The maximum atomic E-state index is 12.2. The van der Waals surface area contributed by atoms with Gasteiger partial charge in [0.15, 0.2) is 0 Å². The van der Waals surface area contributed by atoms with Crippen LogP contribution in [0.4, 0.5) is 0 Å². The predicted octanol–water partition coefficient (Wildman–Crippen LogP) is 2.73. The number of amides is 1. The van der Waals surface area contributed by atoms with Crippen LogP contribution in [-0.2, 0) is 4.79 Å². The van der Waals surface area contributed by atoms with Gasteiger partial charge in [0, 0.05) is 24.7 Å². The number of aliphatic hydroxyl groups is 1. The Kier molecular flexibility index (Phi) is 6.33. The summed E-state index contributed by atoms with van der Waals surface area (Å²) in [4.78, 5) is 14.1. The van der Waals surface area contributed by atoms with Gasteiger partial charge in [-0.3, -0.25) is 4.79 Å². The maximum absolute atomic E-state index is 12.2. The van der Waals surface area contributed by atoms with Crippen molar-refractivity contribution in [2.45, 2.75) is 25.7 Å². The molecular weight excluding hydrogens is 290 g/mol. The van der Waals surface area contributed by atoms with Gasteiger partial charge in [-0.15, -0.1) is 0 Å². The van der Waals surface area contributed by atoms with E-state index in [1.165, 1.54) is 0 Å². The lowest BCUT2D eigenvalue weighted by atomic mass is 9.95. The second-order valence-electron chi connectivity index (χ2n) is 5.42. The number of carbonyl (C=O) groups is 1. The molecular formula is C16H22ClNO3. The molecule has 21 heavy (non-hydrogen) atoms. The molecule has 0 spiro atoms. The van der Waals surface area contributed by atoms with Crippen LogP contribution < -0.4 is 4.74 Å². The van der Waals surface area contributed by atoms with Crippen molar-refractivity contribution >= 4 is 17.5 Å². The minimum absolute atomic E-state index is 0.125. The fraction of sp³-hybridized carbons (Fsp3) is 0.562. The summed E-state index contributed by atoms with van der Waals surface area (Å²) in [7, 11) is 0. The Morgan fingerprint density at radius 2 is 2.33 bits per heavy atom. The van der Waals surface area contributed by atoms with E-state index in [0.29, 0.717) is 29.7 Å². The number of aliphatic hydroxyl groups excluding tert-OH is 1. The number of carbonyl (C=O) groups excluding carboxylic acids is 1. The van der Waals surface area contributed by atoms with Crippen molar-refractivity contribution in [2.75, 3.05) is 26.3 Å². The minimum Gasteiger partial charge on any atom is -0.493 e. The highest BCUT2D eigenvalue weighted by atomic mass is 35.5. The molecule has 0 aliphatic carbocycles. The number of hydrogen-bond donors (Lipinski definition) is 1. The van der Waals surface area contributed by atoms with Gasteiger partial charge < -0.3 is 14.7 Å². The molecule has 1 aromatic carbocycles.